The molecule has 0 aliphatic rings. The number of nitrogens with zero attached hydrogens (tertiary/aromatic N) is 3. The molecule has 0 saturated carbocycles. The number of hydrogen-bond donors (Lipinski definition) is 2. The van der Waals surface area contributed by atoms with Crippen LogP contribution in [0.4, 0.5) is 10.8 Å². The first kappa shape index (κ1) is 11.6. The second-order valence-electron chi connectivity index (χ2n) is 3.70. The number of rotatable bonds is 2. The zero-order valence-corrected chi connectivity index (χ0v) is 10.6. The lowest BCUT2D eigenvalue weighted by molar-refractivity contribution is 0.101. The van der Waals surface area contributed by atoms with Crippen LogP contribution in [0.2, 0.25) is 0 Å². The topological polar surface area (TPSA) is 85.8 Å². The lowest BCUT2D eigenvalue weighted by atomic mass is 10.3. The van der Waals surface area contributed by atoms with E-state index < -0.39 is 0 Å². The Morgan fingerprint density at radius 2 is 2.24 bits per heavy atom. The molecule has 0 aromatic carbocycles. The largest absolute Gasteiger partial charge is 0.395 e. The molecule has 6 nitrogen and oxygen atoms in total. The molecule has 2 aromatic heterocycles. The molecule has 0 radical (unpaired) electrons. The van der Waals surface area contributed by atoms with Crippen molar-refractivity contribution in [2.75, 3.05) is 11.1 Å². The summed E-state index contributed by atoms with van der Waals surface area (Å²) in [5, 5.41) is 7.35. The highest BCUT2D eigenvalue weighted by Gasteiger charge is 2.18. The number of carbonyl (C=O) groups is 1. The van der Waals surface area contributed by atoms with Crippen molar-refractivity contribution in [1.82, 2.24) is 14.8 Å². The van der Waals surface area contributed by atoms with Crippen molar-refractivity contribution in [1.29, 1.82) is 0 Å². The molecule has 2 heterocycles. The Kier molecular flexibility index (Phi) is 2.84. The molecular formula is C10H13N5OS. The number of nitrogens with one attached hydrogen (secondary N) is 1. The van der Waals surface area contributed by atoms with Gasteiger partial charge in [-0.15, -0.1) is 11.3 Å². The Labute approximate surface area is 102 Å². The first-order valence-electron chi connectivity index (χ1n) is 5.02. The highest BCUT2D eigenvalue weighted by molar-refractivity contribution is 7.15. The number of aromatic nitrogens is 3. The molecule has 0 fully saturated rings. The van der Waals surface area contributed by atoms with Gasteiger partial charge in [-0.05, 0) is 13.8 Å². The molecule has 7 heteroatoms. The minimum atomic E-state index is -0.292. The van der Waals surface area contributed by atoms with Gasteiger partial charge >= 0.3 is 0 Å². The van der Waals surface area contributed by atoms with E-state index in [9.17, 15) is 4.79 Å². The number of amides is 1. The van der Waals surface area contributed by atoms with E-state index in [-0.39, 0.29) is 5.91 Å². The van der Waals surface area contributed by atoms with Gasteiger partial charge in [0.2, 0.25) is 0 Å². The highest BCUT2D eigenvalue weighted by atomic mass is 32.1. The van der Waals surface area contributed by atoms with E-state index >= 15 is 0 Å². The lowest BCUT2D eigenvalue weighted by Crippen LogP contribution is -2.17. The van der Waals surface area contributed by atoms with Crippen molar-refractivity contribution >= 4 is 28.1 Å². The molecule has 3 N–H and O–H groups in total. The fraction of sp³-hybridized carbons (Fsp3) is 0.300. The summed E-state index contributed by atoms with van der Waals surface area (Å²) in [5.41, 5.74) is 7.21. The summed E-state index contributed by atoms with van der Waals surface area (Å²) in [6, 6.07) is 0. The summed E-state index contributed by atoms with van der Waals surface area (Å²) in [7, 11) is 1.69. The number of hydrogen-bond acceptors (Lipinski definition) is 5. The van der Waals surface area contributed by atoms with Crippen LogP contribution >= 0.6 is 11.3 Å². The molecule has 0 unspecified atom stereocenters. The third-order valence-corrected chi connectivity index (χ3v) is 3.15. The predicted molar refractivity (Wildman–Crippen MR) is 67.2 cm³/mol. The molecule has 0 saturated heterocycles. The average Bonchev–Trinajstić information content (AvgIpc) is 2.73. The Morgan fingerprint density at radius 3 is 2.71 bits per heavy atom. The molecule has 0 spiro atoms. The van der Waals surface area contributed by atoms with Gasteiger partial charge in [-0.2, -0.15) is 5.10 Å². The molecule has 17 heavy (non-hydrogen) atoms. The van der Waals surface area contributed by atoms with Crippen LogP contribution in [0.5, 0.6) is 0 Å². The summed E-state index contributed by atoms with van der Waals surface area (Å²) in [5.74, 6) is -0.292. The van der Waals surface area contributed by atoms with Crippen LogP contribution in [-0.4, -0.2) is 20.7 Å². The third-order valence-electron chi connectivity index (χ3n) is 2.33. The zero-order chi connectivity index (χ0) is 12.6. The van der Waals surface area contributed by atoms with Gasteiger partial charge in [-0.1, -0.05) is 0 Å². The second kappa shape index (κ2) is 4.17. The van der Waals surface area contributed by atoms with Gasteiger partial charge < -0.3 is 5.73 Å². The smallest absolute Gasteiger partial charge is 0.277 e. The van der Waals surface area contributed by atoms with Crippen LogP contribution < -0.4 is 11.1 Å². The number of nitrogen functional groups attached to an aromatic ring is 1. The average molecular weight is 251 g/mol. The maximum absolute atomic E-state index is 12.0. The van der Waals surface area contributed by atoms with Crippen molar-refractivity contribution in [3.05, 3.63) is 22.5 Å². The number of carbonyl (C=O) groups excluding carboxylic acids is 1. The Morgan fingerprint density at radius 1 is 1.53 bits per heavy atom. The van der Waals surface area contributed by atoms with Crippen LogP contribution in [0.15, 0.2) is 6.20 Å². The summed E-state index contributed by atoms with van der Waals surface area (Å²) in [4.78, 5) is 17.1. The minimum absolute atomic E-state index is 0.292. The van der Waals surface area contributed by atoms with Crippen molar-refractivity contribution in [2.24, 2.45) is 7.05 Å². The van der Waals surface area contributed by atoms with Crippen molar-refractivity contribution in [3.63, 3.8) is 0 Å². The van der Waals surface area contributed by atoms with Crippen LogP contribution in [0.3, 0.4) is 0 Å². The molecule has 2 rings (SSSR count). The van der Waals surface area contributed by atoms with Gasteiger partial charge in [0, 0.05) is 18.1 Å². The molecule has 1 amide bonds. The standard InChI is InChI=1S/C10H13N5OS/c1-5-4-12-10(17-5)13-9(16)8-7(11)6(2)14-15(8)3/h4H,11H2,1-3H3,(H,12,13,16). The van der Waals surface area contributed by atoms with E-state index in [2.05, 4.69) is 15.4 Å². The van der Waals surface area contributed by atoms with Crippen molar-refractivity contribution in [3.8, 4) is 0 Å². The van der Waals surface area contributed by atoms with E-state index in [0.29, 0.717) is 22.2 Å². The maximum atomic E-state index is 12.0. The number of nitrogens with two attached hydrogens (primary N) is 1. The normalized spacial score (nSPS) is 10.5. The van der Waals surface area contributed by atoms with E-state index in [1.165, 1.54) is 16.0 Å². The maximum Gasteiger partial charge on any atom is 0.277 e. The summed E-state index contributed by atoms with van der Waals surface area (Å²) in [6.07, 6.45) is 1.71. The van der Waals surface area contributed by atoms with E-state index in [4.69, 9.17) is 5.73 Å². The van der Waals surface area contributed by atoms with Crippen LogP contribution in [-0.2, 0) is 7.05 Å². The predicted octanol–water partition coefficient (Wildman–Crippen LogP) is 1.33. The quantitative estimate of drug-likeness (QED) is 0.843. The van der Waals surface area contributed by atoms with Gasteiger partial charge in [0.15, 0.2) is 5.13 Å². The van der Waals surface area contributed by atoms with Gasteiger partial charge in [-0.3, -0.25) is 14.8 Å². The third kappa shape index (κ3) is 2.14. The molecule has 0 aliphatic carbocycles. The van der Waals surface area contributed by atoms with Crippen molar-refractivity contribution in [2.45, 2.75) is 13.8 Å². The Balaban J connectivity index is 2.26. The van der Waals surface area contributed by atoms with Gasteiger partial charge in [0.05, 0.1) is 11.4 Å². The van der Waals surface area contributed by atoms with E-state index in [0.717, 1.165) is 4.88 Å². The molecule has 0 atom stereocenters. The van der Waals surface area contributed by atoms with Crippen LogP contribution in [0.25, 0.3) is 0 Å². The highest BCUT2D eigenvalue weighted by Crippen LogP contribution is 2.20. The zero-order valence-electron chi connectivity index (χ0n) is 9.81. The van der Waals surface area contributed by atoms with Crippen molar-refractivity contribution < 1.29 is 4.79 Å². The fourth-order valence-electron chi connectivity index (χ4n) is 1.51. The van der Waals surface area contributed by atoms with Gasteiger partial charge in [0.25, 0.3) is 5.91 Å². The SMILES string of the molecule is Cc1cnc(NC(=O)c2c(N)c(C)nn2C)s1. The number of anilines is 2. The lowest BCUT2D eigenvalue weighted by Gasteiger charge is -2.02. The number of thiazole rings is 1. The van der Waals surface area contributed by atoms with Crippen LogP contribution in [0.1, 0.15) is 21.1 Å². The first-order valence-corrected chi connectivity index (χ1v) is 5.83. The Hall–Kier alpha value is -1.89. The summed E-state index contributed by atoms with van der Waals surface area (Å²) in [6.45, 7) is 3.69. The minimum Gasteiger partial charge on any atom is -0.395 e. The molecule has 2 aromatic rings. The van der Waals surface area contributed by atoms with E-state index in [1.54, 1.807) is 20.2 Å². The fourth-order valence-corrected chi connectivity index (χ4v) is 2.17. The van der Waals surface area contributed by atoms with Crippen LogP contribution in [0, 0.1) is 13.8 Å². The van der Waals surface area contributed by atoms with Gasteiger partial charge in [-0.25, -0.2) is 4.98 Å². The molecule has 0 bridgehead atoms. The second-order valence-corrected chi connectivity index (χ2v) is 4.94. The van der Waals surface area contributed by atoms with Gasteiger partial charge in [0.1, 0.15) is 5.69 Å². The van der Waals surface area contributed by atoms with E-state index in [1.807, 2.05) is 6.92 Å². The summed E-state index contributed by atoms with van der Waals surface area (Å²) >= 11 is 1.42. The molecule has 90 valence electrons. The molecular weight excluding hydrogens is 238 g/mol. The first-order chi connectivity index (χ1) is 7.99. The number of aryl methyl sites for hydroxylation is 3. The summed E-state index contributed by atoms with van der Waals surface area (Å²) < 4.78 is 1.47. The Bertz CT molecular complexity index is 571. The molecule has 0 aliphatic heterocycles. The monoisotopic (exact) mass is 251 g/mol.